The Labute approximate surface area is 103 Å². The summed E-state index contributed by atoms with van der Waals surface area (Å²) < 4.78 is 1.90. The molecule has 2 N–H and O–H groups in total. The van der Waals surface area contributed by atoms with Crippen LogP contribution in [0.15, 0.2) is 29.9 Å². The van der Waals surface area contributed by atoms with Crippen molar-refractivity contribution in [2.75, 3.05) is 13.2 Å². The standard InChI is InChI=1S/C11H13N3O2S/c15-6-3-12-10(16)7-9-8-17-11(13-9)14-4-1-2-5-14/h1-2,4-5,8,15H,3,6-7H2,(H,12,16). The second-order valence-corrected chi connectivity index (χ2v) is 4.30. The number of carbonyl (C=O) groups is 1. The van der Waals surface area contributed by atoms with Crippen LogP contribution in [0.2, 0.25) is 0 Å². The van der Waals surface area contributed by atoms with Crippen LogP contribution in [0.3, 0.4) is 0 Å². The SMILES string of the molecule is O=C(Cc1csc(-n2cccc2)n1)NCCO. The van der Waals surface area contributed by atoms with Crippen LogP contribution < -0.4 is 5.32 Å². The molecule has 2 rings (SSSR count). The molecule has 17 heavy (non-hydrogen) atoms. The summed E-state index contributed by atoms with van der Waals surface area (Å²) in [5, 5.41) is 13.9. The maximum Gasteiger partial charge on any atom is 0.226 e. The maximum absolute atomic E-state index is 11.4. The van der Waals surface area contributed by atoms with E-state index in [4.69, 9.17) is 5.11 Å². The van der Waals surface area contributed by atoms with E-state index in [1.807, 2.05) is 34.5 Å². The van der Waals surface area contributed by atoms with Crippen LogP contribution in [-0.4, -0.2) is 33.7 Å². The van der Waals surface area contributed by atoms with Crippen molar-refractivity contribution in [2.24, 2.45) is 0 Å². The van der Waals surface area contributed by atoms with E-state index in [9.17, 15) is 4.79 Å². The van der Waals surface area contributed by atoms with Crippen LogP contribution >= 0.6 is 11.3 Å². The largest absolute Gasteiger partial charge is 0.395 e. The Morgan fingerprint density at radius 1 is 1.47 bits per heavy atom. The highest BCUT2D eigenvalue weighted by molar-refractivity contribution is 7.12. The molecule has 0 fully saturated rings. The summed E-state index contributed by atoms with van der Waals surface area (Å²) in [7, 11) is 0. The monoisotopic (exact) mass is 251 g/mol. The van der Waals surface area contributed by atoms with E-state index in [0.29, 0.717) is 0 Å². The second-order valence-electron chi connectivity index (χ2n) is 3.46. The molecule has 1 amide bonds. The van der Waals surface area contributed by atoms with Crippen LogP contribution in [0.5, 0.6) is 0 Å². The van der Waals surface area contributed by atoms with Crippen LogP contribution in [0, 0.1) is 0 Å². The van der Waals surface area contributed by atoms with Gasteiger partial charge in [-0.3, -0.25) is 4.79 Å². The van der Waals surface area contributed by atoms with E-state index in [2.05, 4.69) is 10.3 Å². The van der Waals surface area contributed by atoms with Crippen molar-refractivity contribution in [2.45, 2.75) is 6.42 Å². The number of nitrogens with one attached hydrogen (secondary N) is 1. The highest BCUT2D eigenvalue weighted by Crippen LogP contribution is 2.15. The van der Waals surface area contributed by atoms with Gasteiger partial charge >= 0.3 is 0 Å². The second kappa shape index (κ2) is 5.60. The van der Waals surface area contributed by atoms with E-state index in [-0.39, 0.29) is 25.5 Å². The first-order chi connectivity index (χ1) is 8.29. The van der Waals surface area contributed by atoms with E-state index in [1.165, 1.54) is 11.3 Å². The van der Waals surface area contributed by atoms with Crippen LogP contribution in [0.25, 0.3) is 5.13 Å². The number of amides is 1. The van der Waals surface area contributed by atoms with Gasteiger partial charge < -0.3 is 15.0 Å². The summed E-state index contributed by atoms with van der Waals surface area (Å²) >= 11 is 1.50. The maximum atomic E-state index is 11.4. The minimum atomic E-state index is -0.122. The van der Waals surface area contributed by atoms with Crippen molar-refractivity contribution in [3.8, 4) is 5.13 Å². The van der Waals surface area contributed by atoms with Crippen LogP contribution in [-0.2, 0) is 11.2 Å². The lowest BCUT2D eigenvalue weighted by atomic mass is 10.3. The third-order valence-electron chi connectivity index (χ3n) is 2.14. The number of aromatic nitrogens is 2. The molecule has 0 aliphatic rings. The molecular weight excluding hydrogens is 238 g/mol. The number of aliphatic hydroxyl groups is 1. The number of rotatable bonds is 5. The highest BCUT2D eigenvalue weighted by Gasteiger charge is 2.07. The molecular formula is C11H13N3O2S. The van der Waals surface area contributed by atoms with E-state index in [1.54, 1.807) is 0 Å². The number of hydrogen-bond acceptors (Lipinski definition) is 4. The first-order valence-corrected chi connectivity index (χ1v) is 6.13. The number of nitrogens with zero attached hydrogens (tertiary/aromatic N) is 2. The molecule has 5 nitrogen and oxygen atoms in total. The van der Waals surface area contributed by atoms with Gasteiger partial charge in [-0.2, -0.15) is 0 Å². The van der Waals surface area contributed by atoms with Gasteiger partial charge in [0.1, 0.15) is 0 Å². The molecule has 0 atom stereocenters. The Bertz CT molecular complexity index is 479. The molecule has 0 saturated heterocycles. The van der Waals surface area contributed by atoms with Gasteiger partial charge in [0, 0.05) is 24.3 Å². The van der Waals surface area contributed by atoms with E-state index < -0.39 is 0 Å². The lowest BCUT2D eigenvalue weighted by molar-refractivity contribution is -0.120. The Morgan fingerprint density at radius 2 is 2.24 bits per heavy atom. The van der Waals surface area contributed by atoms with Crippen molar-refractivity contribution >= 4 is 17.2 Å². The lowest BCUT2D eigenvalue weighted by Crippen LogP contribution is -2.27. The quantitative estimate of drug-likeness (QED) is 0.817. The van der Waals surface area contributed by atoms with Crippen molar-refractivity contribution < 1.29 is 9.90 Å². The molecule has 0 saturated carbocycles. The highest BCUT2D eigenvalue weighted by atomic mass is 32.1. The average Bonchev–Trinajstić information content (AvgIpc) is 2.95. The number of thiazole rings is 1. The number of aliphatic hydroxyl groups excluding tert-OH is 1. The molecule has 0 spiro atoms. The van der Waals surface area contributed by atoms with Crippen molar-refractivity contribution in [3.63, 3.8) is 0 Å². The molecule has 90 valence electrons. The van der Waals surface area contributed by atoms with Gasteiger partial charge in [0.05, 0.1) is 18.7 Å². The molecule has 0 aliphatic heterocycles. The van der Waals surface area contributed by atoms with E-state index >= 15 is 0 Å². The number of hydrogen-bond donors (Lipinski definition) is 2. The zero-order valence-corrected chi connectivity index (χ0v) is 9.98. The van der Waals surface area contributed by atoms with Gasteiger partial charge in [-0.05, 0) is 12.1 Å². The summed E-state index contributed by atoms with van der Waals surface area (Å²) in [5.41, 5.74) is 0.745. The third-order valence-corrected chi connectivity index (χ3v) is 3.04. The van der Waals surface area contributed by atoms with Crippen molar-refractivity contribution in [1.29, 1.82) is 0 Å². The summed E-state index contributed by atoms with van der Waals surface area (Å²) in [6.07, 6.45) is 4.07. The summed E-state index contributed by atoms with van der Waals surface area (Å²) in [5.74, 6) is -0.122. The molecule has 2 heterocycles. The molecule has 0 aliphatic carbocycles. The average molecular weight is 251 g/mol. The summed E-state index contributed by atoms with van der Waals surface area (Å²) in [4.78, 5) is 15.8. The lowest BCUT2D eigenvalue weighted by Gasteiger charge is -2.00. The first kappa shape index (κ1) is 11.8. The topological polar surface area (TPSA) is 67.2 Å². The first-order valence-electron chi connectivity index (χ1n) is 5.25. The van der Waals surface area contributed by atoms with Crippen LogP contribution in [0.1, 0.15) is 5.69 Å². The van der Waals surface area contributed by atoms with Crippen molar-refractivity contribution in [1.82, 2.24) is 14.9 Å². The Balaban J connectivity index is 1.97. The molecule has 2 aromatic heterocycles. The molecule has 0 bridgehead atoms. The zero-order chi connectivity index (χ0) is 12.1. The molecule has 0 aromatic carbocycles. The van der Waals surface area contributed by atoms with Gasteiger partial charge in [0.15, 0.2) is 5.13 Å². The number of carbonyl (C=O) groups excluding carboxylic acids is 1. The molecule has 2 aromatic rings. The van der Waals surface area contributed by atoms with Gasteiger partial charge in [-0.1, -0.05) is 0 Å². The summed E-state index contributed by atoms with van der Waals surface area (Å²) in [6.45, 7) is 0.241. The van der Waals surface area contributed by atoms with Gasteiger partial charge in [-0.25, -0.2) is 4.98 Å². The van der Waals surface area contributed by atoms with Gasteiger partial charge in [0.2, 0.25) is 5.91 Å². The van der Waals surface area contributed by atoms with Gasteiger partial charge in [0.25, 0.3) is 0 Å². The Hall–Kier alpha value is -1.66. The molecule has 0 radical (unpaired) electrons. The fourth-order valence-corrected chi connectivity index (χ4v) is 2.17. The fourth-order valence-electron chi connectivity index (χ4n) is 1.38. The summed E-state index contributed by atoms with van der Waals surface area (Å²) in [6, 6.07) is 3.85. The predicted octanol–water partition coefficient (Wildman–Crippen LogP) is 0.585. The minimum absolute atomic E-state index is 0.0442. The molecule has 0 unspecified atom stereocenters. The Kier molecular flexibility index (Phi) is 3.89. The zero-order valence-electron chi connectivity index (χ0n) is 9.17. The van der Waals surface area contributed by atoms with Gasteiger partial charge in [-0.15, -0.1) is 11.3 Å². The van der Waals surface area contributed by atoms with E-state index in [0.717, 1.165) is 10.8 Å². The fraction of sp³-hybridized carbons (Fsp3) is 0.273. The van der Waals surface area contributed by atoms with Crippen LogP contribution in [0.4, 0.5) is 0 Å². The normalized spacial score (nSPS) is 10.4. The van der Waals surface area contributed by atoms with Crippen molar-refractivity contribution in [3.05, 3.63) is 35.6 Å². The smallest absolute Gasteiger partial charge is 0.226 e. The Morgan fingerprint density at radius 3 is 2.94 bits per heavy atom. The minimum Gasteiger partial charge on any atom is -0.395 e. The third kappa shape index (κ3) is 3.15. The predicted molar refractivity (Wildman–Crippen MR) is 65.2 cm³/mol. The molecule has 6 heteroatoms.